The minimum absolute atomic E-state index is 0.534. The minimum atomic E-state index is 0.534. The molecule has 0 amide bonds. The van der Waals surface area contributed by atoms with Gasteiger partial charge in [0.2, 0.25) is 0 Å². The lowest BCUT2D eigenvalue weighted by atomic mass is 10.2. The number of benzene rings is 1. The van der Waals surface area contributed by atoms with Gasteiger partial charge in [0.25, 0.3) is 0 Å². The van der Waals surface area contributed by atoms with Crippen molar-refractivity contribution in [2.45, 2.75) is 13.2 Å². The molecule has 1 radical (unpaired) electrons. The van der Waals surface area contributed by atoms with E-state index in [9.17, 15) is 0 Å². The molecule has 0 bridgehead atoms. The zero-order valence-electron chi connectivity index (χ0n) is 8.39. The van der Waals surface area contributed by atoms with Crippen LogP contribution in [-0.2, 0) is 18.0 Å². The molecule has 1 aromatic carbocycles. The van der Waals surface area contributed by atoms with Crippen LogP contribution in [0.4, 0.5) is 0 Å². The Balaban J connectivity index is 1.81. The summed E-state index contributed by atoms with van der Waals surface area (Å²) < 4.78 is 5.52. The normalized spacial score (nSPS) is 10.1. The van der Waals surface area contributed by atoms with Crippen molar-refractivity contribution >= 4 is 0 Å². The predicted molar refractivity (Wildman–Crippen MR) is 58.0 cm³/mol. The van der Waals surface area contributed by atoms with Crippen LogP contribution >= 0.6 is 0 Å². The molecule has 2 aromatic rings. The van der Waals surface area contributed by atoms with Crippen LogP contribution in [0.2, 0.25) is 0 Å². The predicted octanol–water partition coefficient (Wildman–Crippen LogP) is 2.60. The lowest BCUT2D eigenvalue weighted by Gasteiger charge is -2.03. The number of nitrogens with zero attached hydrogens (tertiary/aromatic N) is 1. The smallest absolute Gasteiger partial charge is 0.0892 e. The molecule has 0 aliphatic rings. The summed E-state index contributed by atoms with van der Waals surface area (Å²) >= 11 is 0. The monoisotopic (exact) mass is 198 g/mol. The quantitative estimate of drug-likeness (QED) is 0.753. The number of hydrogen-bond acceptors (Lipinski definition) is 2. The third kappa shape index (κ3) is 3.18. The van der Waals surface area contributed by atoms with Crippen LogP contribution in [0.5, 0.6) is 0 Å². The zero-order valence-corrected chi connectivity index (χ0v) is 8.39. The first-order valence-corrected chi connectivity index (χ1v) is 4.89. The van der Waals surface area contributed by atoms with Gasteiger partial charge in [-0.3, -0.25) is 0 Å². The number of rotatable bonds is 4. The van der Waals surface area contributed by atoms with Crippen LogP contribution in [0.25, 0.3) is 0 Å². The van der Waals surface area contributed by atoms with Crippen LogP contribution in [0.3, 0.4) is 0 Å². The Kier molecular flexibility index (Phi) is 3.47. The molecule has 15 heavy (non-hydrogen) atoms. The molecule has 0 spiro atoms. The van der Waals surface area contributed by atoms with Crippen molar-refractivity contribution < 1.29 is 4.74 Å². The van der Waals surface area contributed by atoms with E-state index in [1.807, 2.05) is 42.5 Å². The average molecular weight is 198 g/mol. The molecule has 75 valence electrons. The van der Waals surface area contributed by atoms with Gasteiger partial charge < -0.3 is 4.74 Å². The highest BCUT2D eigenvalue weighted by atomic mass is 16.5. The fourth-order valence-corrected chi connectivity index (χ4v) is 1.29. The SMILES string of the molecule is [c]1cccc(COCc2ccccc2)n1. The summed E-state index contributed by atoms with van der Waals surface area (Å²) in [6.45, 7) is 1.16. The molecule has 0 fully saturated rings. The van der Waals surface area contributed by atoms with Crippen molar-refractivity contribution in [3.05, 3.63) is 66.0 Å². The second kappa shape index (κ2) is 5.27. The van der Waals surface area contributed by atoms with Gasteiger partial charge in [-0.25, -0.2) is 4.98 Å². The van der Waals surface area contributed by atoms with Crippen molar-refractivity contribution in [2.24, 2.45) is 0 Å². The van der Waals surface area contributed by atoms with Gasteiger partial charge in [0.05, 0.1) is 25.1 Å². The number of aromatic nitrogens is 1. The molecule has 0 unspecified atom stereocenters. The Hall–Kier alpha value is -1.67. The van der Waals surface area contributed by atoms with E-state index >= 15 is 0 Å². The van der Waals surface area contributed by atoms with Gasteiger partial charge >= 0.3 is 0 Å². The molecule has 0 saturated heterocycles. The molecule has 1 aromatic heterocycles. The van der Waals surface area contributed by atoms with Gasteiger partial charge in [0.15, 0.2) is 0 Å². The fraction of sp³-hybridized carbons (Fsp3) is 0.154. The second-order valence-corrected chi connectivity index (χ2v) is 3.24. The molecule has 0 saturated carbocycles. The third-order valence-electron chi connectivity index (χ3n) is 2.03. The van der Waals surface area contributed by atoms with Gasteiger partial charge in [-0.1, -0.05) is 36.4 Å². The first-order valence-electron chi connectivity index (χ1n) is 4.89. The maximum absolute atomic E-state index is 5.52. The van der Waals surface area contributed by atoms with Gasteiger partial charge in [-0.05, 0) is 17.7 Å². The first kappa shape index (κ1) is 9.87. The van der Waals surface area contributed by atoms with Crippen LogP contribution < -0.4 is 0 Å². The van der Waals surface area contributed by atoms with E-state index in [0.29, 0.717) is 13.2 Å². The molecule has 0 aliphatic carbocycles. The standard InChI is InChI=1S/C13H12NO/c1-2-6-12(7-3-1)10-15-11-13-8-4-5-9-14-13/h1-8H,10-11H2. The number of hydrogen-bond donors (Lipinski definition) is 0. The maximum atomic E-state index is 5.52. The Morgan fingerprint density at radius 1 is 1.00 bits per heavy atom. The summed E-state index contributed by atoms with van der Waals surface area (Å²) in [5.74, 6) is 0. The molecule has 2 nitrogen and oxygen atoms in total. The summed E-state index contributed by atoms with van der Waals surface area (Å²) in [6, 6.07) is 15.7. The molecule has 2 heteroatoms. The van der Waals surface area contributed by atoms with Crippen LogP contribution in [-0.4, -0.2) is 4.98 Å². The van der Waals surface area contributed by atoms with Gasteiger partial charge in [-0.15, -0.1) is 0 Å². The highest BCUT2D eigenvalue weighted by Crippen LogP contribution is 2.03. The summed E-state index contributed by atoms with van der Waals surface area (Å²) in [5.41, 5.74) is 2.09. The molecular formula is C13H12NO. The number of pyridine rings is 1. The average Bonchev–Trinajstić information content (AvgIpc) is 2.32. The molecule has 1 heterocycles. The highest BCUT2D eigenvalue weighted by Gasteiger charge is 1.94. The summed E-state index contributed by atoms with van der Waals surface area (Å²) in [7, 11) is 0. The molecule has 0 atom stereocenters. The van der Waals surface area contributed by atoms with Crippen LogP contribution in [0, 0.1) is 6.20 Å². The Bertz CT molecular complexity index is 346. The van der Waals surface area contributed by atoms with Crippen molar-refractivity contribution in [1.29, 1.82) is 0 Å². The van der Waals surface area contributed by atoms with E-state index in [4.69, 9.17) is 4.74 Å². The van der Waals surface area contributed by atoms with E-state index in [2.05, 4.69) is 11.2 Å². The second-order valence-electron chi connectivity index (χ2n) is 3.24. The van der Waals surface area contributed by atoms with Gasteiger partial charge in [0.1, 0.15) is 0 Å². The van der Waals surface area contributed by atoms with E-state index in [1.165, 1.54) is 5.56 Å². The Morgan fingerprint density at radius 2 is 1.87 bits per heavy atom. The molecule has 2 rings (SSSR count). The Morgan fingerprint density at radius 3 is 2.60 bits per heavy atom. The van der Waals surface area contributed by atoms with Crippen molar-refractivity contribution in [2.75, 3.05) is 0 Å². The summed E-state index contributed by atoms with van der Waals surface area (Å²) in [6.07, 6.45) is 2.78. The van der Waals surface area contributed by atoms with E-state index < -0.39 is 0 Å². The van der Waals surface area contributed by atoms with Gasteiger partial charge in [-0.2, -0.15) is 0 Å². The minimum Gasteiger partial charge on any atom is -0.370 e. The molecule has 0 N–H and O–H groups in total. The van der Waals surface area contributed by atoms with E-state index in [-0.39, 0.29) is 0 Å². The van der Waals surface area contributed by atoms with Crippen molar-refractivity contribution in [1.82, 2.24) is 4.98 Å². The molecular weight excluding hydrogens is 186 g/mol. The topological polar surface area (TPSA) is 22.1 Å². The number of ether oxygens (including phenoxy) is 1. The molecule has 0 aliphatic heterocycles. The zero-order chi connectivity index (χ0) is 10.3. The van der Waals surface area contributed by atoms with Crippen LogP contribution in [0.1, 0.15) is 11.3 Å². The van der Waals surface area contributed by atoms with Crippen molar-refractivity contribution in [3.8, 4) is 0 Å². The summed E-state index contributed by atoms with van der Waals surface area (Å²) in [5, 5.41) is 0. The lowest BCUT2D eigenvalue weighted by Crippen LogP contribution is -1.95. The maximum Gasteiger partial charge on any atom is 0.0892 e. The van der Waals surface area contributed by atoms with Crippen molar-refractivity contribution in [3.63, 3.8) is 0 Å². The third-order valence-corrected chi connectivity index (χ3v) is 2.03. The fourth-order valence-electron chi connectivity index (χ4n) is 1.29. The highest BCUT2D eigenvalue weighted by molar-refractivity contribution is 5.13. The van der Waals surface area contributed by atoms with Crippen LogP contribution in [0.15, 0.2) is 48.5 Å². The largest absolute Gasteiger partial charge is 0.370 e. The van der Waals surface area contributed by atoms with E-state index in [0.717, 1.165) is 5.69 Å². The Labute approximate surface area is 89.6 Å². The summed E-state index contributed by atoms with van der Waals surface area (Å²) in [4.78, 5) is 4.06. The van der Waals surface area contributed by atoms with E-state index in [1.54, 1.807) is 6.07 Å². The lowest BCUT2D eigenvalue weighted by molar-refractivity contribution is 0.104. The van der Waals surface area contributed by atoms with Gasteiger partial charge in [0, 0.05) is 0 Å². The first-order chi connectivity index (χ1) is 7.45.